The third-order valence-electron chi connectivity index (χ3n) is 2.93. The molecule has 21 heavy (non-hydrogen) atoms. The van der Waals surface area contributed by atoms with Gasteiger partial charge in [0.15, 0.2) is 0 Å². The highest BCUT2D eigenvalue weighted by Crippen LogP contribution is 2.26. The van der Waals surface area contributed by atoms with E-state index in [0.717, 1.165) is 15.4 Å². The maximum atomic E-state index is 12.0. The molecule has 0 aliphatic carbocycles. The molecule has 0 spiro atoms. The van der Waals surface area contributed by atoms with E-state index in [-0.39, 0.29) is 12.3 Å². The van der Waals surface area contributed by atoms with Gasteiger partial charge >= 0.3 is 0 Å². The van der Waals surface area contributed by atoms with Crippen molar-refractivity contribution in [3.8, 4) is 0 Å². The van der Waals surface area contributed by atoms with Gasteiger partial charge < -0.3 is 5.32 Å². The van der Waals surface area contributed by atoms with Crippen molar-refractivity contribution in [2.75, 3.05) is 22.9 Å². The molecule has 0 radical (unpaired) electrons. The first-order chi connectivity index (χ1) is 9.88. The molecule has 112 valence electrons. The van der Waals surface area contributed by atoms with E-state index in [1.54, 1.807) is 24.3 Å². The number of thiophene rings is 1. The molecule has 1 aromatic carbocycles. The molecule has 7 heteroatoms. The Bertz CT molecular complexity index is 724. The third kappa shape index (κ3) is 4.05. The van der Waals surface area contributed by atoms with Crippen LogP contribution in [0.4, 0.5) is 11.4 Å². The van der Waals surface area contributed by atoms with Crippen LogP contribution in [0.3, 0.4) is 0 Å². The van der Waals surface area contributed by atoms with Crippen molar-refractivity contribution in [3.63, 3.8) is 0 Å². The SMILES string of the molecule is CN(c1ccccc1NC(=O)Cc1cccs1)S(C)(=O)=O. The highest BCUT2D eigenvalue weighted by Gasteiger charge is 2.16. The number of sulfonamides is 1. The summed E-state index contributed by atoms with van der Waals surface area (Å²) in [6.07, 6.45) is 1.39. The van der Waals surface area contributed by atoms with Crippen molar-refractivity contribution in [2.24, 2.45) is 0 Å². The van der Waals surface area contributed by atoms with Crippen LogP contribution in [-0.2, 0) is 21.2 Å². The van der Waals surface area contributed by atoms with E-state index in [9.17, 15) is 13.2 Å². The molecule has 2 aromatic rings. The molecule has 1 heterocycles. The van der Waals surface area contributed by atoms with Crippen LogP contribution in [0.25, 0.3) is 0 Å². The summed E-state index contributed by atoms with van der Waals surface area (Å²) in [4.78, 5) is 13.0. The minimum atomic E-state index is -3.38. The molecule has 0 unspecified atom stereocenters. The number of rotatable bonds is 5. The van der Waals surface area contributed by atoms with Crippen molar-refractivity contribution in [1.29, 1.82) is 0 Å². The van der Waals surface area contributed by atoms with Crippen LogP contribution in [-0.4, -0.2) is 27.6 Å². The van der Waals surface area contributed by atoms with E-state index in [2.05, 4.69) is 5.32 Å². The zero-order valence-corrected chi connectivity index (χ0v) is 13.4. The lowest BCUT2D eigenvalue weighted by molar-refractivity contribution is -0.115. The van der Waals surface area contributed by atoms with Gasteiger partial charge in [-0.05, 0) is 23.6 Å². The summed E-state index contributed by atoms with van der Waals surface area (Å²) < 4.78 is 24.4. The highest BCUT2D eigenvalue weighted by molar-refractivity contribution is 7.92. The molecule has 2 rings (SSSR count). The van der Waals surface area contributed by atoms with Crippen LogP contribution < -0.4 is 9.62 Å². The molecule has 1 aromatic heterocycles. The fourth-order valence-electron chi connectivity index (χ4n) is 1.80. The van der Waals surface area contributed by atoms with Crippen LogP contribution in [0.1, 0.15) is 4.88 Å². The van der Waals surface area contributed by atoms with Crippen LogP contribution in [0.2, 0.25) is 0 Å². The summed E-state index contributed by atoms with van der Waals surface area (Å²) in [5.74, 6) is -0.174. The molecule has 1 amide bonds. The number of benzene rings is 1. The molecule has 0 saturated heterocycles. The zero-order chi connectivity index (χ0) is 15.5. The number of hydrogen-bond acceptors (Lipinski definition) is 4. The molecule has 1 N–H and O–H groups in total. The lowest BCUT2D eigenvalue weighted by Crippen LogP contribution is -2.26. The Kier molecular flexibility index (Phi) is 4.64. The Morgan fingerprint density at radius 2 is 1.95 bits per heavy atom. The van der Waals surface area contributed by atoms with Gasteiger partial charge in [-0.15, -0.1) is 11.3 Å². The molecular formula is C14H16N2O3S2. The van der Waals surface area contributed by atoms with E-state index in [0.29, 0.717) is 11.4 Å². The number of hydrogen-bond donors (Lipinski definition) is 1. The number of nitrogens with zero attached hydrogens (tertiary/aromatic N) is 1. The lowest BCUT2D eigenvalue weighted by Gasteiger charge is -2.20. The topological polar surface area (TPSA) is 66.5 Å². The molecule has 0 bridgehead atoms. The fourth-order valence-corrected chi connectivity index (χ4v) is 3.02. The number of para-hydroxylation sites is 2. The van der Waals surface area contributed by atoms with E-state index in [1.807, 2.05) is 17.5 Å². The van der Waals surface area contributed by atoms with Crippen molar-refractivity contribution < 1.29 is 13.2 Å². The smallest absolute Gasteiger partial charge is 0.232 e. The summed E-state index contributed by atoms with van der Waals surface area (Å²) >= 11 is 1.51. The van der Waals surface area contributed by atoms with Crippen molar-refractivity contribution in [3.05, 3.63) is 46.7 Å². The van der Waals surface area contributed by atoms with E-state index >= 15 is 0 Å². The average molecular weight is 324 g/mol. The molecule has 0 fully saturated rings. The quantitative estimate of drug-likeness (QED) is 0.918. The largest absolute Gasteiger partial charge is 0.324 e. The number of amides is 1. The highest BCUT2D eigenvalue weighted by atomic mass is 32.2. The summed E-state index contributed by atoms with van der Waals surface area (Å²) in [5.41, 5.74) is 0.923. The molecule has 0 atom stereocenters. The van der Waals surface area contributed by atoms with Crippen LogP contribution >= 0.6 is 11.3 Å². The average Bonchev–Trinajstić information content (AvgIpc) is 2.90. The van der Waals surface area contributed by atoms with Gasteiger partial charge in [-0.3, -0.25) is 9.10 Å². The van der Waals surface area contributed by atoms with Gasteiger partial charge in [-0.2, -0.15) is 0 Å². The maximum absolute atomic E-state index is 12.0. The second kappa shape index (κ2) is 6.28. The zero-order valence-electron chi connectivity index (χ0n) is 11.7. The normalized spacial score (nSPS) is 11.1. The van der Waals surface area contributed by atoms with Crippen molar-refractivity contribution in [2.45, 2.75) is 6.42 Å². The standard InChI is InChI=1S/C14H16N2O3S2/c1-16(21(2,18)19)13-8-4-3-7-12(13)15-14(17)10-11-6-5-9-20-11/h3-9H,10H2,1-2H3,(H,15,17). The second-order valence-corrected chi connectivity index (χ2v) is 7.60. The van der Waals surface area contributed by atoms with Gasteiger partial charge in [0.1, 0.15) is 0 Å². The number of anilines is 2. The maximum Gasteiger partial charge on any atom is 0.232 e. The number of nitrogens with one attached hydrogen (secondary N) is 1. The van der Waals surface area contributed by atoms with Crippen molar-refractivity contribution >= 4 is 38.6 Å². The molecule has 0 saturated carbocycles. The van der Waals surface area contributed by atoms with E-state index in [1.165, 1.54) is 18.4 Å². The Labute approximate surface area is 128 Å². The number of carbonyl (C=O) groups is 1. The molecule has 0 aliphatic heterocycles. The van der Waals surface area contributed by atoms with Gasteiger partial charge in [0, 0.05) is 11.9 Å². The molecule has 0 aliphatic rings. The second-order valence-electron chi connectivity index (χ2n) is 4.55. The minimum Gasteiger partial charge on any atom is -0.324 e. The van der Waals surface area contributed by atoms with Gasteiger partial charge in [-0.25, -0.2) is 8.42 Å². The Morgan fingerprint density at radius 3 is 2.57 bits per heavy atom. The van der Waals surface area contributed by atoms with E-state index in [4.69, 9.17) is 0 Å². The lowest BCUT2D eigenvalue weighted by atomic mass is 10.2. The Hall–Kier alpha value is -1.86. The fraction of sp³-hybridized carbons (Fsp3) is 0.214. The number of carbonyl (C=O) groups excluding carboxylic acids is 1. The Balaban J connectivity index is 2.19. The first-order valence-corrected chi connectivity index (χ1v) is 8.96. The van der Waals surface area contributed by atoms with Gasteiger partial charge in [0.25, 0.3) is 0 Å². The van der Waals surface area contributed by atoms with Crippen LogP contribution in [0, 0.1) is 0 Å². The first kappa shape index (κ1) is 15.5. The van der Waals surface area contributed by atoms with E-state index < -0.39 is 10.0 Å². The Morgan fingerprint density at radius 1 is 1.24 bits per heavy atom. The first-order valence-electron chi connectivity index (χ1n) is 6.23. The predicted molar refractivity (Wildman–Crippen MR) is 86.3 cm³/mol. The van der Waals surface area contributed by atoms with Crippen LogP contribution in [0.15, 0.2) is 41.8 Å². The van der Waals surface area contributed by atoms with Crippen LogP contribution in [0.5, 0.6) is 0 Å². The summed E-state index contributed by atoms with van der Waals surface area (Å²) in [6.45, 7) is 0. The minimum absolute atomic E-state index is 0.174. The van der Waals surface area contributed by atoms with Crippen molar-refractivity contribution in [1.82, 2.24) is 0 Å². The van der Waals surface area contributed by atoms with Gasteiger partial charge in [0.2, 0.25) is 15.9 Å². The molecular weight excluding hydrogens is 308 g/mol. The summed E-state index contributed by atoms with van der Waals surface area (Å²) in [6, 6.07) is 10.6. The molecule has 5 nitrogen and oxygen atoms in total. The third-order valence-corrected chi connectivity index (χ3v) is 5.00. The van der Waals surface area contributed by atoms with Gasteiger partial charge in [0.05, 0.1) is 24.1 Å². The monoisotopic (exact) mass is 324 g/mol. The summed E-state index contributed by atoms with van der Waals surface area (Å²) in [5, 5.41) is 4.67. The predicted octanol–water partition coefficient (Wildman–Crippen LogP) is 2.33. The van der Waals surface area contributed by atoms with Gasteiger partial charge in [-0.1, -0.05) is 18.2 Å². The summed E-state index contributed by atoms with van der Waals surface area (Å²) in [7, 11) is -1.92.